The van der Waals surface area contributed by atoms with Crippen molar-refractivity contribution in [2.45, 2.75) is 57.6 Å². The lowest BCUT2D eigenvalue weighted by atomic mass is 9.75. The Morgan fingerprint density at radius 1 is 1.12 bits per heavy atom. The van der Waals surface area contributed by atoms with Crippen LogP contribution in [0.1, 0.15) is 62.3 Å². The number of aromatic nitrogens is 2. The number of aromatic amines is 1. The Balaban J connectivity index is 1.42. The SMILES string of the molecule is c1cnc2[nH]c([C@@H]3CCCO3)c(CN3CCC4CCCCC4C3)c2c1. The molecule has 0 amide bonds. The van der Waals surface area contributed by atoms with E-state index in [-0.39, 0.29) is 6.10 Å². The zero-order valence-electron chi connectivity index (χ0n) is 15.0. The predicted molar refractivity (Wildman–Crippen MR) is 99.4 cm³/mol. The minimum atomic E-state index is 0.233. The molecule has 4 heterocycles. The Hall–Kier alpha value is -1.39. The smallest absolute Gasteiger partial charge is 0.137 e. The van der Waals surface area contributed by atoms with Crippen LogP contribution in [0.15, 0.2) is 18.3 Å². The third-order valence-electron chi connectivity index (χ3n) is 6.72. The topological polar surface area (TPSA) is 41.1 Å². The first-order valence-corrected chi connectivity index (χ1v) is 10.2. The van der Waals surface area contributed by atoms with Crippen LogP contribution in [-0.4, -0.2) is 34.6 Å². The van der Waals surface area contributed by atoms with Crippen LogP contribution in [0.2, 0.25) is 0 Å². The number of hydrogen-bond donors (Lipinski definition) is 1. The van der Waals surface area contributed by atoms with Gasteiger partial charge in [-0.15, -0.1) is 0 Å². The van der Waals surface area contributed by atoms with Gasteiger partial charge in [0.25, 0.3) is 0 Å². The maximum atomic E-state index is 6.01. The molecule has 2 aromatic heterocycles. The molecule has 0 aromatic carbocycles. The van der Waals surface area contributed by atoms with Gasteiger partial charge in [0.2, 0.25) is 0 Å². The van der Waals surface area contributed by atoms with Gasteiger partial charge in [0.1, 0.15) is 5.65 Å². The van der Waals surface area contributed by atoms with Gasteiger partial charge in [0.05, 0.1) is 11.8 Å². The van der Waals surface area contributed by atoms with E-state index in [9.17, 15) is 0 Å². The van der Waals surface area contributed by atoms with Crippen molar-refractivity contribution in [3.8, 4) is 0 Å². The van der Waals surface area contributed by atoms with E-state index in [2.05, 4.69) is 27.0 Å². The number of hydrogen-bond acceptors (Lipinski definition) is 3. The van der Waals surface area contributed by atoms with Crippen LogP contribution in [0.4, 0.5) is 0 Å². The number of nitrogens with zero attached hydrogens (tertiary/aromatic N) is 2. The van der Waals surface area contributed by atoms with Gasteiger partial charge in [-0.1, -0.05) is 19.3 Å². The van der Waals surface area contributed by atoms with E-state index < -0.39 is 0 Å². The number of H-pyrrole nitrogens is 1. The minimum Gasteiger partial charge on any atom is -0.372 e. The van der Waals surface area contributed by atoms with E-state index in [1.54, 1.807) is 0 Å². The normalized spacial score (nSPS) is 30.6. The van der Waals surface area contributed by atoms with Crippen LogP contribution in [0.5, 0.6) is 0 Å². The molecule has 3 aliphatic rings. The molecule has 0 bridgehead atoms. The molecule has 3 fully saturated rings. The molecule has 0 radical (unpaired) electrons. The zero-order valence-corrected chi connectivity index (χ0v) is 15.0. The van der Waals surface area contributed by atoms with Gasteiger partial charge in [-0.2, -0.15) is 0 Å². The number of pyridine rings is 1. The predicted octanol–water partition coefficient (Wildman–Crippen LogP) is 4.43. The van der Waals surface area contributed by atoms with Crippen LogP contribution >= 0.6 is 0 Å². The van der Waals surface area contributed by atoms with Gasteiger partial charge in [0, 0.05) is 31.3 Å². The Labute approximate surface area is 150 Å². The third-order valence-corrected chi connectivity index (χ3v) is 6.72. The molecule has 5 rings (SSSR count). The number of rotatable bonds is 3. The molecule has 2 saturated heterocycles. The van der Waals surface area contributed by atoms with Crippen molar-refractivity contribution in [3.05, 3.63) is 29.6 Å². The summed E-state index contributed by atoms with van der Waals surface area (Å²) in [6, 6.07) is 4.28. The highest BCUT2D eigenvalue weighted by atomic mass is 16.5. The summed E-state index contributed by atoms with van der Waals surface area (Å²) in [7, 11) is 0. The molecular formula is C21H29N3O. The molecule has 1 saturated carbocycles. The quantitative estimate of drug-likeness (QED) is 0.899. The average molecular weight is 339 g/mol. The highest BCUT2D eigenvalue weighted by molar-refractivity contribution is 5.81. The van der Waals surface area contributed by atoms with Crippen LogP contribution in [0.3, 0.4) is 0 Å². The van der Waals surface area contributed by atoms with Gasteiger partial charge in [-0.3, -0.25) is 4.90 Å². The van der Waals surface area contributed by atoms with Crippen LogP contribution in [0, 0.1) is 11.8 Å². The lowest BCUT2D eigenvalue weighted by molar-refractivity contribution is 0.0796. The Bertz CT molecular complexity index is 734. The van der Waals surface area contributed by atoms with E-state index in [4.69, 9.17) is 4.74 Å². The van der Waals surface area contributed by atoms with Crippen molar-refractivity contribution in [3.63, 3.8) is 0 Å². The second-order valence-electron chi connectivity index (χ2n) is 8.25. The second kappa shape index (κ2) is 6.73. The summed E-state index contributed by atoms with van der Waals surface area (Å²) < 4.78 is 6.01. The number of likely N-dealkylation sites (tertiary alicyclic amines) is 1. The lowest BCUT2D eigenvalue weighted by Crippen LogP contribution is -2.41. The van der Waals surface area contributed by atoms with Gasteiger partial charge in [-0.25, -0.2) is 4.98 Å². The molecule has 2 unspecified atom stereocenters. The molecule has 4 nitrogen and oxygen atoms in total. The van der Waals surface area contributed by atoms with Crippen molar-refractivity contribution < 1.29 is 4.74 Å². The van der Waals surface area contributed by atoms with Crippen molar-refractivity contribution in [2.24, 2.45) is 11.8 Å². The fourth-order valence-corrected chi connectivity index (χ4v) is 5.39. The van der Waals surface area contributed by atoms with Gasteiger partial charge < -0.3 is 9.72 Å². The summed E-state index contributed by atoms with van der Waals surface area (Å²) in [6.45, 7) is 4.46. The van der Waals surface area contributed by atoms with Crippen LogP contribution < -0.4 is 0 Å². The lowest BCUT2D eigenvalue weighted by Gasteiger charge is -2.41. The largest absolute Gasteiger partial charge is 0.372 e. The van der Waals surface area contributed by atoms with Gasteiger partial charge in [0.15, 0.2) is 0 Å². The van der Waals surface area contributed by atoms with Crippen molar-refractivity contribution in [2.75, 3.05) is 19.7 Å². The van der Waals surface area contributed by atoms with E-state index in [0.29, 0.717) is 0 Å². The maximum Gasteiger partial charge on any atom is 0.137 e. The second-order valence-corrected chi connectivity index (χ2v) is 8.25. The molecule has 1 aliphatic carbocycles. The van der Waals surface area contributed by atoms with E-state index in [1.807, 2.05) is 6.20 Å². The highest BCUT2D eigenvalue weighted by Gasteiger charge is 2.32. The molecular weight excluding hydrogens is 310 g/mol. The first kappa shape index (κ1) is 15.8. The fourth-order valence-electron chi connectivity index (χ4n) is 5.39. The highest BCUT2D eigenvalue weighted by Crippen LogP contribution is 2.38. The van der Waals surface area contributed by atoms with Gasteiger partial charge >= 0.3 is 0 Å². The number of piperidine rings is 1. The van der Waals surface area contributed by atoms with Crippen molar-refractivity contribution >= 4 is 11.0 Å². The standard InChI is InChI=1S/C21H29N3O/c1-2-6-16-13-24(11-9-15(16)5-1)14-18-17-7-3-10-22-21(17)23-20(18)19-8-4-12-25-19/h3,7,10,15-16,19H,1-2,4-6,8-9,11-14H2,(H,22,23)/t15?,16?,19-/m0/s1. The van der Waals surface area contributed by atoms with Crippen molar-refractivity contribution in [1.29, 1.82) is 0 Å². The molecule has 3 atom stereocenters. The monoisotopic (exact) mass is 339 g/mol. The molecule has 134 valence electrons. The summed E-state index contributed by atoms with van der Waals surface area (Å²) in [4.78, 5) is 10.8. The average Bonchev–Trinajstić information content (AvgIpc) is 3.30. The molecule has 2 aromatic rings. The summed E-state index contributed by atoms with van der Waals surface area (Å²) in [5.41, 5.74) is 3.75. The molecule has 0 spiro atoms. The Kier molecular flexibility index (Phi) is 4.26. The molecule has 25 heavy (non-hydrogen) atoms. The molecule has 2 aliphatic heterocycles. The Morgan fingerprint density at radius 3 is 2.92 bits per heavy atom. The Morgan fingerprint density at radius 2 is 2.04 bits per heavy atom. The van der Waals surface area contributed by atoms with Crippen LogP contribution in [-0.2, 0) is 11.3 Å². The van der Waals surface area contributed by atoms with Gasteiger partial charge in [-0.05, 0) is 61.8 Å². The summed E-state index contributed by atoms with van der Waals surface area (Å²) >= 11 is 0. The van der Waals surface area contributed by atoms with Crippen molar-refractivity contribution in [1.82, 2.24) is 14.9 Å². The number of fused-ring (bicyclic) bond motifs is 2. The summed E-state index contributed by atoms with van der Waals surface area (Å²) in [5.74, 6) is 1.92. The number of nitrogens with one attached hydrogen (secondary N) is 1. The number of ether oxygens (including phenoxy) is 1. The third kappa shape index (κ3) is 3.00. The fraction of sp³-hybridized carbons (Fsp3) is 0.667. The maximum absolute atomic E-state index is 6.01. The molecule has 1 N–H and O–H groups in total. The summed E-state index contributed by atoms with van der Waals surface area (Å²) in [5, 5.41) is 1.29. The zero-order chi connectivity index (χ0) is 16.6. The van der Waals surface area contributed by atoms with E-state index >= 15 is 0 Å². The molecule has 4 heteroatoms. The van der Waals surface area contributed by atoms with Crippen LogP contribution in [0.25, 0.3) is 11.0 Å². The minimum absolute atomic E-state index is 0.233. The van der Waals surface area contributed by atoms with E-state index in [1.165, 1.54) is 68.3 Å². The first-order valence-electron chi connectivity index (χ1n) is 10.2. The summed E-state index contributed by atoms with van der Waals surface area (Å²) in [6.07, 6.45) is 11.6. The first-order chi connectivity index (χ1) is 12.4. The van der Waals surface area contributed by atoms with E-state index in [0.717, 1.165) is 37.1 Å².